The first-order valence-corrected chi connectivity index (χ1v) is 11.5. The fourth-order valence-corrected chi connectivity index (χ4v) is 5.51. The molecule has 0 aliphatic carbocycles. The molecular formula is C23H22N2O4S2. The molecule has 0 saturated heterocycles. The van der Waals surface area contributed by atoms with Crippen LogP contribution >= 0.6 is 22.7 Å². The second-order valence-electron chi connectivity index (χ2n) is 7.04. The summed E-state index contributed by atoms with van der Waals surface area (Å²) in [5, 5.41) is 2.00. The average Bonchev–Trinajstić information content (AvgIpc) is 3.30. The van der Waals surface area contributed by atoms with Crippen molar-refractivity contribution >= 4 is 34.7 Å². The molecular weight excluding hydrogens is 432 g/mol. The maximum Gasteiger partial charge on any atom is 0.338 e. The van der Waals surface area contributed by atoms with Crippen LogP contribution in [-0.4, -0.2) is 24.3 Å². The Bertz CT molecular complexity index is 1340. The Labute approximate surface area is 187 Å². The summed E-state index contributed by atoms with van der Waals surface area (Å²) in [7, 11) is 1.60. The van der Waals surface area contributed by atoms with Crippen molar-refractivity contribution in [3.05, 3.63) is 82.7 Å². The van der Waals surface area contributed by atoms with Crippen molar-refractivity contribution in [2.24, 2.45) is 4.99 Å². The summed E-state index contributed by atoms with van der Waals surface area (Å²) in [5.41, 5.74) is 2.66. The van der Waals surface area contributed by atoms with Gasteiger partial charge in [0, 0.05) is 4.88 Å². The quantitative estimate of drug-likeness (QED) is 0.556. The molecule has 0 N–H and O–H groups in total. The number of rotatable bonds is 5. The summed E-state index contributed by atoms with van der Waals surface area (Å²) >= 11 is 2.92. The molecule has 0 saturated carbocycles. The van der Waals surface area contributed by atoms with E-state index in [0.29, 0.717) is 26.4 Å². The first kappa shape index (κ1) is 21.3. The van der Waals surface area contributed by atoms with Crippen LogP contribution < -0.4 is 19.6 Å². The number of carbonyl (C=O) groups excluding carboxylic acids is 1. The third-order valence-corrected chi connectivity index (χ3v) is 7.06. The number of allylic oxidation sites excluding steroid dienone is 1. The van der Waals surface area contributed by atoms with Crippen molar-refractivity contribution < 1.29 is 14.3 Å². The summed E-state index contributed by atoms with van der Waals surface area (Å²) in [6.45, 7) is 5.80. The van der Waals surface area contributed by atoms with Crippen molar-refractivity contribution in [3.63, 3.8) is 0 Å². The average molecular weight is 455 g/mol. The lowest BCUT2D eigenvalue weighted by Gasteiger charge is -2.24. The van der Waals surface area contributed by atoms with Gasteiger partial charge in [-0.1, -0.05) is 23.5 Å². The zero-order valence-electron chi connectivity index (χ0n) is 17.7. The minimum Gasteiger partial charge on any atom is -0.497 e. The van der Waals surface area contributed by atoms with E-state index in [0.717, 1.165) is 16.0 Å². The Morgan fingerprint density at radius 1 is 1.23 bits per heavy atom. The number of thiophene rings is 1. The molecule has 1 aliphatic rings. The molecule has 31 heavy (non-hydrogen) atoms. The molecule has 0 spiro atoms. The number of thiazole rings is 1. The smallest absolute Gasteiger partial charge is 0.338 e. The zero-order valence-corrected chi connectivity index (χ0v) is 19.3. The van der Waals surface area contributed by atoms with Crippen LogP contribution in [0.4, 0.5) is 0 Å². The van der Waals surface area contributed by atoms with Crippen molar-refractivity contribution in [1.29, 1.82) is 0 Å². The topological polar surface area (TPSA) is 69.9 Å². The van der Waals surface area contributed by atoms with Crippen LogP contribution in [0.25, 0.3) is 6.08 Å². The minimum absolute atomic E-state index is 0.174. The molecule has 0 unspecified atom stereocenters. The van der Waals surface area contributed by atoms with Gasteiger partial charge in [0.05, 0.1) is 35.6 Å². The van der Waals surface area contributed by atoms with Crippen LogP contribution in [0.5, 0.6) is 5.75 Å². The number of hydrogen-bond donors (Lipinski definition) is 0. The summed E-state index contributed by atoms with van der Waals surface area (Å²) in [6, 6.07) is 8.77. The summed E-state index contributed by atoms with van der Waals surface area (Å²) in [5.74, 6) is 0.232. The highest BCUT2D eigenvalue weighted by molar-refractivity contribution is 7.11. The first-order valence-electron chi connectivity index (χ1n) is 9.82. The molecule has 0 amide bonds. The number of esters is 1. The summed E-state index contributed by atoms with van der Waals surface area (Å²) in [4.78, 5) is 32.5. The summed E-state index contributed by atoms with van der Waals surface area (Å²) < 4.78 is 12.8. The molecule has 0 bridgehead atoms. The number of fused-ring (bicyclic) bond motifs is 1. The molecule has 1 aliphatic heterocycles. The van der Waals surface area contributed by atoms with Gasteiger partial charge >= 0.3 is 5.97 Å². The molecule has 0 fully saturated rings. The standard InChI is InChI=1S/C23H22N2O4S2/c1-5-29-22(27)19-14(3)24-23-25(20(19)15-6-8-16(28-4)9-7-15)21(26)18(31-23)12-17-13(2)10-11-30-17/h6-12,20H,5H2,1-4H3/b18-12+/t20-/m0/s1. The Balaban J connectivity index is 1.96. The highest BCUT2D eigenvalue weighted by Crippen LogP contribution is 2.31. The lowest BCUT2D eigenvalue weighted by molar-refractivity contribution is -0.139. The van der Waals surface area contributed by atoms with Crippen molar-refractivity contribution in [1.82, 2.24) is 4.57 Å². The van der Waals surface area contributed by atoms with Gasteiger partial charge in [0.25, 0.3) is 5.56 Å². The normalized spacial score (nSPS) is 16.1. The number of aryl methyl sites for hydroxylation is 1. The van der Waals surface area contributed by atoms with E-state index in [1.165, 1.54) is 11.3 Å². The maximum atomic E-state index is 13.5. The molecule has 6 nitrogen and oxygen atoms in total. The van der Waals surface area contributed by atoms with E-state index < -0.39 is 12.0 Å². The number of carbonyl (C=O) groups is 1. The Hall–Kier alpha value is -2.97. The molecule has 8 heteroatoms. The van der Waals surface area contributed by atoms with E-state index in [4.69, 9.17) is 9.47 Å². The van der Waals surface area contributed by atoms with E-state index in [9.17, 15) is 9.59 Å². The highest BCUT2D eigenvalue weighted by atomic mass is 32.1. The largest absolute Gasteiger partial charge is 0.497 e. The second-order valence-corrected chi connectivity index (χ2v) is 9.00. The van der Waals surface area contributed by atoms with E-state index in [2.05, 4.69) is 4.99 Å². The number of ether oxygens (including phenoxy) is 2. The van der Waals surface area contributed by atoms with E-state index in [1.807, 2.05) is 48.7 Å². The Morgan fingerprint density at radius 2 is 1.97 bits per heavy atom. The third kappa shape index (κ3) is 3.88. The van der Waals surface area contributed by atoms with Gasteiger partial charge in [-0.15, -0.1) is 11.3 Å². The van der Waals surface area contributed by atoms with Crippen molar-refractivity contribution in [3.8, 4) is 5.75 Å². The van der Waals surface area contributed by atoms with Crippen LogP contribution in [0.1, 0.15) is 35.9 Å². The van der Waals surface area contributed by atoms with Gasteiger partial charge < -0.3 is 9.47 Å². The van der Waals surface area contributed by atoms with Crippen LogP contribution in [0.3, 0.4) is 0 Å². The van der Waals surface area contributed by atoms with Gasteiger partial charge in [-0.2, -0.15) is 0 Å². The lowest BCUT2D eigenvalue weighted by atomic mass is 9.96. The van der Waals surface area contributed by atoms with Crippen LogP contribution in [0.15, 0.2) is 56.8 Å². The molecule has 1 atom stereocenters. The first-order chi connectivity index (χ1) is 14.9. The predicted molar refractivity (Wildman–Crippen MR) is 122 cm³/mol. The fourth-order valence-electron chi connectivity index (χ4n) is 3.54. The minimum atomic E-state index is -0.618. The van der Waals surface area contributed by atoms with Gasteiger partial charge in [0.1, 0.15) is 5.75 Å². The SMILES string of the molecule is CCOC(=O)C1=C(C)N=c2s/c(=C/c3sccc3C)c(=O)n2[C@H]1c1ccc(OC)cc1. The molecule has 2 aromatic heterocycles. The zero-order chi connectivity index (χ0) is 22.1. The van der Waals surface area contributed by atoms with Crippen LogP contribution in [0.2, 0.25) is 0 Å². The molecule has 4 rings (SSSR count). The van der Waals surface area contributed by atoms with Gasteiger partial charge in [-0.05, 0) is 61.6 Å². The maximum absolute atomic E-state index is 13.5. The highest BCUT2D eigenvalue weighted by Gasteiger charge is 2.33. The number of nitrogens with zero attached hydrogens (tertiary/aromatic N) is 2. The lowest BCUT2D eigenvalue weighted by Crippen LogP contribution is -2.39. The van der Waals surface area contributed by atoms with E-state index in [-0.39, 0.29) is 12.2 Å². The van der Waals surface area contributed by atoms with Gasteiger partial charge in [-0.25, -0.2) is 9.79 Å². The second kappa shape index (κ2) is 8.64. The van der Waals surface area contributed by atoms with Crippen LogP contribution in [-0.2, 0) is 9.53 Å². The van der Waals surface area contributed by atoms with E-state index >= 15 is 0 Å². The number of benzene rings is 1. The predicted octanol–water partition coefficient (Wildman–Crippen LogP) is 3.18. The third-order valence-electron chi connectivity index (χ3n) is 5.11. The number of hydrogen-bond acceptors (Lipinski definition) is 7. The molecule has 1 aromatic carbocycles. The molecule has 3 heterocycles. The van der Waals surface area contributed by atoms with Gasteiger partial charge in [0.2, 0.25) is 0 Å². The molecule has 3 aromatic rings. The van der Waals surface area contributed by atoms with Crippen molar-refractivity contribution in [2.45, 2.75) is 26.8 Å². The monoisotopic (exact) mass is 454 g/mol. The Morgan fingerprint density at radius 3 is 2.58 bits per heavy atom. The van der Waals surface area contributed by atoms with Crippen molar-refractivity contribution in [2.75, 3.05) is 13.7 Å². The number of methoxy groups -OCH3 is 1. The Kier molecular flexibility index (Phi) is 5.93. The van der Waals surface area contributed by atoms with Gasteiger partial charge in [-0.3, -0.25) is 9.36 Å². The van der Waals surface area contributed by atoms with Crippen LogP contribution in [0, 0.1) is 6.92 Å². The summed E-state index contributed by atoms with van der Waals surface area (Å²) in [6.07, 6.45) is 1.90. The fraction of sp³-hybridized carbons (Fsp3) is 0.261. The number of aromatic nitrogens is 1. The van der Waals surface area contributed by atoms with Gasteiger partial charge in [0.15, 0.2) is 4.80 Å². The van der Waals surface area contributed by atoms with E-state index in [1.54, 1.807) is 36.9 Å². The molecule has 160 valence electrons. The molecule has 0 radical (unpaired) electrons.